The maximum atomic E-state index is 9.07. The molecule has 1 aliphatic rings. The summed E-state index contributed by atoms with van der Waals surface area (Å²) in [5.74, 6) is 1.41. The first-order valence-electron chi connectivity index (χ1n) is 5.50. The number of aryl methyl sites for hydroxylation is 1. The van der Waals surface area contributed by atoms with Crippen molar-refractivity contribution in [3.8, 4) is 0 Å². The Morgan fingerprint density at radius 2 is 2.40 bits per heavy atom. The minimum atomic E-state index is 0.280. The minimum absolute atomic E-state index is 0.280. The predicted octanol–water partition coefficient (Wildman–Crippen LogP) is 0.858. The Hall–Kier alpha value is -1.16. The fourth-order valence-electron chi connectivity index (χ4n) is 1.94. The Balaban J connectivity index is 2.09. The molecule has 0 radical (unpaired) electrons. The van der Waals surface area contributed by atoms with Crippen LogP contribution in [-0.4, -0.2) is 34.8 Å². The van der Waals surface area contributed by atoms with Crippen LogP contribution in [0.5, 0.6) is 0 Å². The SMILES string of the molecule is CCc1cc(N2CCC(CO)C2)ncn1. The summed E-state index contributed by atoms with van der Waals surface area (Å²) in [6, 6.07) is 2.04. The largest absolute Gasteiger partial charge is 0.396 e. The van der Waals surface area contributed by atoms with E-state index in [0.29, 0.717) is 5.92 Å². The van der Waals surface area contributed by atoms with Crippen LogP contribution in [0.4, 0.5) is 5.82 Å². The third-order valence-electron chi connectivity index (χ3n) is 2.94. The molecule has 0 aliphatic carbocycles. The van der Waals surface area contributed by atoms with Gasteiger partial charge in [-0.25, -0.2) is 9.97 Å². The number of nitrogens with zero attached hydrogens (tertiary/aromatic N) is 3. The molecule has 2 heterocycles. The van der Waals surface area contributed by atoms with Crippen molar-refractivity contribution in [3.05, 3.63) is 18.1 Å². The van der Waals surface area contributed by atoms with Crippen molar-refractivity contribution in [2.24, 2.45) is 5.92 Å². The average molecular weight is 207 g/mol. The highest BCUT2D eigenvalue weighted by atomic mass is 16.3. The fourth-order valence-corrected chi connectivity index (χ4v) is 1.94. The summed E-state index contributed by atoms with van der Waals surface area (Å²) >= 11 is 0. The topological polar surface area (TPSA) is 49.2 Å². The summed E-state index contributed by atoms with van der Waals surface area (Å²) in [6.45, 7) is 4.27. The molecule has 1 saturated heterocycles. The molecular weight excluding hydrogens is 190 g/mol. The van der Waals surface area contributed by atoms with Gasteiger partial charge in [-0.15, -0.1) is 0 Å². The molecule has 1 aromatic heterocycles. The first-order valence-corrected chi connectivity index (χ1v) is 5.50. The van der Waals surface area contributed by atoms with Crippen molar-refractivity contribution in [1.82, 2.24) is 9.97 Å². The molecule has 0 aromatic carbocycles. The molecule has 2 rings (SSSR count). The lowest BCUT2D eigenvalue weighted by molar-refractivity contribution is 0.238. The zero-order valence-electron chi connectivity index (χ0n) is 9.06. The van der Waals surface area contributed by atoms with Crippen LogP contribution in [0, 0.1) is 5.92 Å². The monoisotopic (exact) mass is 207 g/mol. The van der Waals surface area contributed by atoms with E-state index in [2.05, 4.69) is 21.8 Å². The van der Waals surface area contributed by atoms with E-state index in [1.165, 1.54) is 0 Å². The third-order valence-corrected chi connectivity index (χ3v) is 2.94. The molecule has 1 atom stereocenters. The Bertz CT molecular complexity index is 329. The molecule has 1 fully saturated rings. The van der Waals surface area contributed by atoms with Crippen molar-refractivity contribution in [2.75, 3.05) is 24.6 Å². The highest BCUT2D eigenvalue weighted by Crippen LogP contribution is 2.21. The Morgan fingerprint density at radius 3 is 3.07 bits per heavy atom. The smallest absolute Gasteiger partial charge is 0.132 e. The highest BCUT2D eigenvalue weighted by molar-refractivity contribution is 5.40. The van der Waals surface area contributed by atoms with Crippen molar-refractivity contribution in [1.29, 1.82) is 0 Å². The maximum Gasteiger partial charge on any atom is 0.132 e. The van der Waals surface area contributed by atoms with Crippen LogP contribution in [0.2, 0.25) is 0 Å². The van der Waals surface area contributed by atoms with Crippen LogP contribution >= 0.6 is 0 Å². The van der Waals surface area contributed by atoms with Gasteiger partial charge in [0.05, 0.1) is 0 Å². The summed E-state index contributed by atoms with van der Waals surface area (Å²) in [7, 11) is 0. The van der Waals surface area contributed by atoms with Crippen LogP contribution in [0.3, 0.4) is 0 Å². The zero-order chi connectivity index (χ0) is 10.7. The summed E-state index contributed by atoms with van der Waals surface area (Å²) in [6.07, 6.45) is 3.62. The average Bonchev–Trinajstić information content (AvgIpc) is 2.78. The molecule has 4 nitrogen and oxygen atoms in total. The third kappa shape index (κ3) is 2.26. The minimum Gasteiger partial charge on any atom is -0.396 e. The molecular formula is C11H17N3O. The number of aliphatic hydroxyl groups is 1. The van der Waals surface area contributed by atoms with E-state index in [0.717, 1.165) is 37.4 Å². The van der Waals surface area contributed by atoms with E-state index < -0.39 is 0 Å². The molecule has 15 heavy (non-hydrogen) atoms. The fraction of sp³-hybridized carbons (Fsp3) is 0.636. The second-order valence-corrected chi connectivity index (χ2v) is 4.00. The van der Waals surface area contributed by atoms with Gasteiger partial charge in [0, 0.05) is 37.4 Å². The van der Waals surface area contributed by atoms with E-state index in [4.69, 9.17) is 5.11 Å². The van der Waals surface area contributed by atoms with Crippen LogP contribution in [0.15, 0.2) is 12.4 Å². The van der Waals surface area contributed by atoms with Crippen molar-refractivity contribution in [3.63, 3.8) is 0 Å². The Labute approximate surface area is 90.0 Å². The first kappa shape index (κ1) is 10.4. The van der Waals surface area contributed by atoms with E-state index in [9.17, 15) is 0 Å². The number of aliphatic hydroxyl groups excluding tert-OH is 1. The van der Waals surface area contributed by atoms with E-state index in [-0.39, 0.29) is 6.61 Å². The highest BCUT2D eigenvalue weighted by Gasteiger charge is 2.22. The summed E-state index contributed by atoms with van der Waals surface area (Å²) < 4.78 is 0. The number of aromatic nitrogens is 2. The van der Waals surface area contributed by atoms with Gasteiger partial charge in [-0.05, 0) is 12.8 Å². The summed E-state index contributed by atoms with van der Waals surface area (Å²) in [5.41, 5.74) is 1.08. The molecule has 0 spiro atoms. The lowest BCUT2D eigenvalue weighted by Crippen LogP contribution is -2.21. The van der Waals surface area contributed by atoms with Gasteiger partial charge in [0.15, 0.2) is 0 Å². The molecule has 1 N–H and O–H groups in total. The van der Waals surface area contributed by atoms with Gasteiger partial charge in [-0.3, -0.25) is 0 Å². The van der Waals surface area contributed by atoms with Gasteiger partial charge in [-0.1, -0.05) is 6.92 Å². The second kappa shape index (κ2) is 4.57. The van der Waals surface area contributed by atoms with Crippen molar-refractivity contribution >= 4 is 5.82 Å². The van der Waals surface area contributed by atoms with Gasteiger partial charge in [0.25, 0.3) is 0 Å². The number of rotatable bonds is 3. The maximum absolute atomic E-state index is 9.07. The Morgan fingerprint density at radius 1 is 1.53 bits per heavy atom. The van der Waals surface area contributed by atoms with E-state index in [1.807, 2.05) is 6.07 Å². The molecule has 0 amide bonds. The molecule has 0 saturated carbocycles. The van der Waals surface area contributed by atoms with Gasteiger partial charge < -0.3 is 10.0 Å². The lowest BCUT2D eigenvalue weighted by Gasteiger charge is -2.17. The predicted molar refractivity (Wildman–Crippen MR) is 58.8 cm³/mol. The molecule has 0 bridgehead atoms. The first-order chi connectivity index (χ1) is 7.33. The molecule has 1 aromatic rings. The quantitative estimate of drug-likeness (QED) is 0.798. The van der Waals surface area contributed by atoms with Gasteiger partial charge in [0.1, 0.15) is 12.1 Å². The number of hydrogen-bond acceptors (Lipinski definition) is 4. The molecule has 1 unspecified atom stereocenters. The molecule has 1 aliphatic heterocycles. The standard InChI is InChI=1S/C11H17N3O/c1-2-10-5-11(13-8-12-10)14-4-3-9(6-14)7-15/h5,8-9,15H,2-4,6-7H2,1H3. The number of anilines is 1. The lowest BCUT2D eigenvalue weighted by atomic mass is 10.1. The van der Waals surface area contributed by atoms with Crippen LogP contribution in [0.25, 0.3) is 0 Å². The molecule has 4 heteroatoms. The van der Waals surface area contributed by atoms with Gasteiger partial charge in [0.2, 0.25) is 0 Å². The molecule has 82 valence electrons. The van der Waals surface area contributed by atoms with Crippen LogP contribution in [-0.2, 0) is 6.42 Å². The van der Waals surface area contributed by atoms with Gasteiger partial charge in [-0.2, -0.15) is 0 Å². The summed E-state index contributed by atoms with van der Waals surface area (Å²) in [4.78, 5) is 10.7. The number of hydrogen-bond donors (Lipinski definition) is 1. The summed E-state index contributed by atoms with van der Waals surface area (Å²) in [5, 5.41) is 9.07. The van der Waals surface area contributed by atoms with Crippen LogP contribution < -0.4 is 4.90 Å². The van der Waals surface area contributed by atoms with Gasteiger partial charge >= 0.3 is 0 Å². The van der Waals surface area contributed by atoms with E-state index >= 15 is 0 Å². The van der Waals surface area contributed by atoms with Crippen LogP contribution in [0.1, 0.15) is 19.0 Å². The van der Waals surface area contributed by atoms with Crippen molar-refractivity contribution in [2.45, 2.75) is 19.8 Å². The van der Waals surface area contributed by atoms with E-state index in [1.54, 1.807) is 6.33 Å². The normalized spacial score (nSPS) is 20.9. The second-order valence-electron chi connectivity index (χ2n) is 4.00. The van der Waals surface area contributed by atoms with Crippen molar-refractivity contribution < 1.29 is 5.11 Å². The zero-order valence-corrected chi connectivity index (χ0v) is 9.06. The Kier molecular flexibility index (Phi) is 3.16.